The van der Waals surface area contributed by atoms with Gasteiger partial charge in [0.1, 0.15) is 0 Å². The Bertz CT molecular complexity index is 135. The number of hydrogen-bond donors (Lipinski definition) is 1. The van der Waals surface area contributed by atoms with Gasteiger partial charge >= 0.3 is 0 Å². The summed E-state index contributed by atoms with van der Waals surface area (Å²) in [6.45, 7) is 5.29. The van der Waals surface area contributed by atoms with Crippen LogP contribution < -0.4 is 5.73 Å². The molecular formula is C6H10ClNO. The van der Waals surface area contributed by atoms with Crippen LogP contribution in [-0.2, 0) is 4.79 Å². The molecule has 0 rings (SSSR count). The minimum atomic E-state index is -0.748. The van der Waals surface area contributed by atoms with Gasteiger partial charge in [0.05, 0.1) is 5.41 Å². The maximum Gasteiger partial charge on any atom is 0.232 e. The normalized spacial score (nSPS) is 16.3. The molecule has 0 saturated carbocycles. The predicted molar refractivity (Wildman–Crippen MR) is 38.2 cm³/mol. The molecule has 0 aliphatic rings. The molecule has 0 spiro atoms. The lowest BCUT2D eigenvalue weighted by Crippen LogP contribution is -2.30. The summed E-state index contributed by atoms with van der Waals surface area (Å²) in [5.74, 6) is 0. The maximum atomic E-state index is 10.5. The van der Waals surface area contributed by atoms with E-state index in [1.54, 1.807) is 6.92 Å². The molecule has 0 heterocycles. The fourth-order valence-corrected chi connectivity index (χ4v) is 0.398. The summed E-state index contributed by atoms with van der Waals surface area (Å²) in [7, 11) is 0. The van der Waals surface area contributed by atoms with Crippen molar-refractivity contribution in [3.8, 4) is 0 Å². The van der Waals surface area contributed by atoms with E-state index in [1.165, 1.54) is 6.08 Å². The molecule has 2 nitrogen and oxygen atoms in total. The zero-order valence-electron chi connectivity index (χ0n) is 5.36. The van der Waals surface area contributed by atoms with E-state index in [1.807, 2.05) is 0 Å². The summed E-state index contributed by atoms with van der Waals surface area (Å²) in [6, 6.07) is 0. The molecule has 3 heteroatoms. The molecule has 0 aromatic carbocycles. The van der Waals surface area contributed by atoms with Crippen molar-refractivity contribution >= 4 is 16.8 Å². The molecule has 0 aromatic heterocycles. The van der Waals surface area contributed by atoms with Crippen molar-refractivity contribution in [2.45, 2.75) is 6.92 Å². The Labute approximate surface area is 59.7 Å². The lowest BCUT2D eigenvalue weighted by atomic mass is 9.93. The highest BCUT2D eigenvalue weighted by atomic mass is 35.5. The van der Waals surface area contributed by atoms with Crippen molar-refractivity contribution in [3.63, 3.8) is 0 Å². The fraction of sp³-hybridized carbons (Fsp3) is 0.500. The Hall–Kier alpha value is -0.340. The van der Waals surface area contributed by atoms with Gasteiger partial charge in [-0.25, -0.2) is 0 Å². The van der Waals surface area contributed by atoms with Crippen LogP contribution in [0.1, 0.15) is 6.92 Å². The van der Waals surface area contributed by atoms with Crippen molar-refractivity contribution in [1.29, 1.82) is 0 Å². The standard InChI is InChI=1S/C6H10ClNO/c1-3-6(2,4-8)5(7)9/h3H,1,4,8H2,2H3. The van der Waals surface area contributed by atoms with Crippen LogP contribution in [0.15, 0.2) is 12.7 Å². The Morgan fingerprint density at radius 1 is 2.00 bits per heavy atom. The van der Waals surface area contributed by atoms with E-state index in [2.05, 4.69) is 6.58 Å². The first kappa shape index (κ1) is 8.66. The number of rotatable bonds is 3. The summed E-state index contributed by atoms with van der Waals surface area (Å²) < 4.78 is 0. The molecule has 0 radical (unpaired) electrons. The molecule has 0 saturated heterocycles. The number of hydrogen-bond acceptors (Lipinski definition) is 2. The number of carbonyl (C=O) groups excluding carboxylic acids is 1. The van der Waals surface area contributed by atoms with Crippen molar-refractivity contribution in [1.82, 2.24) is 0 Å². The highest BCUT2D eigenvalue weighted by Gasteiger charge is 2.25. The first-order valence-corrected chi connectivity index (χ1v) is 2.98. The molecular weight excluding hydrogens is 138 g/mol. The maximum absolute atomic E-state index is 10.5. The van der Waals surface area contributed by atoms with E-state index >= 15 is 0 Å². The van der Waals surface area contributed by atoms with E-state index in [0.29, 0.717) is 0 Å². The van der Waals surface area contributed by atoms with Gasteiger partial charge in [0.2, 0.25) is 5.24 Å². The van der Waals surface area contributed by atoms with Crippen LogP contribution in [0.2, 0.25) is 0 Å². The second kappa shape index (κ2) is 2.99. The largest absolute Gasteiger partial charge is 0.329 e. The molecule has 0 aliphatic heterocycles. The molecule has 52 valence electrons. The average molecular weight is 148 g/mol. The van der Waals surface area contributed by atoms with Gasteiger partial charge in [-0.05, 0) is 18.5 Å². The van der Waals surface area contributed by atoms with Crippen molar-refractivity contribution in [2.24, 2.45) is 11.1 Å². The van der Waals surface area contributed by atoms with Gasteiger partial charge in [-0.3, -0.25) is 4.79 Å². The second-order valence-electron chi connectivity index (χ2n) is 2.10. The zero-order chi connectivity index (χ0) is 7.49. The van der Waals surface area contributed by atoms with Crippen LogP contribution in [0, 0.1) is 5.41 Å². The third-order valence-corrected chi connectivity index (χ3v) is 1.76. The number of halogens is 1. The van der Waals surface area contributed by atoms with Crippen LogP contribution in [0.3, 0.4) is 0 Å². The molecule has 0 aromatic rings. The Morgan fingerprint density at radius 3 is 2.44 bits per heavy atom. The molecule has 0 fully saturated rings. The van der Waals surface area contributed by atoms with E-state index in [-0.39, 0.29) is 6.54 Å². The molecule has 9 heavy (non-hydrogen) atoms. The van der Waals surface area contributed by atoms with E-state index in [0.717, 1.165) is 0 Å². The number of nitrogens with two attached hydrogens (primary N) is 1. The molecule has 0 aliphatic carbocycles. The highest BCUT2D eigenvalue weighted by molar-refractivity contribution is 6.64. The molecule has 2 N–H and O–H groups in total. The van der Waals surface area contributed by atoms with E-state index in [4.69, 9.17) is 17.3 Å². The minimum absolute atomic E-state index is 0.207. The first-order chi connectivity index (χ1) is 4.06. The molecule has 0 bridgehead atoms. The summed E-state index contributed by atoms with van der Waals surface area (Å²) in [4.78, 5) is 10.5. The van der Waals surface area contributed by atoms with Gasteiger partial charge < -0.3 is 5.73 Å². The van der Waals surface area contributed by atoms with Gasteiger partial charge in [0.15, 0.2) is 0 Å². The van der Waals surface area contributed by atoms with Crippen LogP contribution in [0.4, 0.5) is 0 Å². The van der Waals surface area contributed by atoms with Crippen LogP contribution in [0.5, 0.6) is 0 Å². The topological polar surface area (TPSA) is 43.1 Å². The fourth-order valence-electron chi connectivity index (χ4n) is 0.244. The third-order valence-electron chi connectivity index (χ3n) is 1.32. The second-order valence-corrected chi connectivity index (χ2v) is 2.44. The van der Waals surface area contributed by atoms with Crippen LogP contribution >= 0.6 is 11.6 Å². The van der Waals surface area contributed by atoms with Crippen LogP contribution in [0.25, 0.3) is 0 Å². The average Bonchev–Trinajstić information content (AvgIpc) is 1.86. The van der Waals surface area contributed by atoms with Crippen LogP contribution in [-0.4, -0.2) is 11.8 Å². The quantitative estimate of drug-likeness (QED) is 0.476. The van der Waals surface area contributed by atoms with E-state index in [9.17, 15) is 4.79 Å². The lowest BCUT2D eigenvalue weighted by Gasteiger charge is -2.16. The summed E-state index contributed by atoms with van der Waals surface area (Å²) >= 11 is 5.20. The summed E-state index contributed by atoms with van der Waals surface area (Å²) in [5.41, 5.74) is 4.49. The Balaban J connectivity index is 4.27. The minimum Gasteiger partial charge on any atom is -0.329 e. The van der Waals surface area contributed by atoms with Gasteiger partial charge in [-0.15, -0.1) is 6.58 Å². The van der Waals surface area contributed by atoms with Gasteiger partial charge in [-0.2, -0.15) is 0 Å². The third kappa shape index (κ3) is 1.80. The van der Waals surface area contributed by atoms with Crippen molar-refractivity contribution < 1.29 is 4.79 Å². The van der Waals surface area contributed by atoms with E-state index < -0.39 is 10.7 Å². The smallest absolute Gasteiger partial charge is 0.232 e. The van der Waals surface area contributed by atoms with Gasteiger partial charge in [0, 0.05) is 6.54 Å². The van der Waals surface area contributed by atoms with Gasteiger partial charge in [0.25, 0.3) is 0 Å². The van der Waals surface area contributed by atoms with Gasteiger partial charge in [-0.1, -0.05) is 6.08 Å². The predicted octanol–water partition coefficient (Wildman–Crippen LogP) is 0.903. The highest BCUT2D eigenvalue weighted by Crippen LogP contribution is 2.18. The number of carbonyl (C=O) groups is 1. The van der Waals surface area contributed by atoms with Crippen molar-refractivity contribution in [2.75, 3.05) is 6.54 Å². The Morgan fingerprint density at radius 2 is 2.44 bits per heavy atom. The van der Waals surface area contributed by atoms with Crippen molar-refractivity contribution in [3.05, 3.63) is 12.7 Å². The molecule has 1 atom stereocenters. The molecule has 1 unspecified atom stereocenters. The Kier molecular flexibility index (Phi) is 2.88. The summed E-state index contributed by atoms with van der Waals surface area (Å²) in [5, 5.41) is -0.458. The SMILES string of the molecule is C=CC(C)(CN)C(=O)Cl. The monoisotopic (exact) mass is 147 g/mol. The molecule has 0 amide bonds. The first-order valence-electron chi connectivity index (χ1n) is 2.60. The lowest BCUT2D eigenvalue weighted by molar-refractivity contribution is -0.117. The zero-order valence-corrected chi connectivity index (χ0v) is 6.11. The summed E-state index contributed by atoms with van der Waals surface area (Å²) in [6.07, 6.45) is 1.46.